The Morgan fingerprint density at radius 3 is 2.39 bits per heavy atom. The van der Waals surface area contributed by atoms with Gasteiger partial charge in [0.15, 0.2) is 0 Å². The van der Waals surface area contributed by atoms with Crippen molar-refractivity contribution >= 4 is 17.4 Å². The lowest BCUT2D eigenvalue weighted by Crippen LogP contribution is -2.29. The Labute approximate surface area is 219 Å². The van der Waals surface area contributed by atoms with E-state index in [-0.39, 0.29) is 17.9 Å². The Morgan fingerprint density at radius 1 is 0.921 bits per heavy atom. The lowest BCUT2D eigenvalue weighted by molar-refractivity contribution is -0.140. The van der Waals surface area contributed by atoms with E-state index in [2.05, 4.69) is 6.58 Å². The number of hydrogen-bond acceptors (Lipinski definition) is 6. The number of amides is 1. The Bertz CT molecular complexity index is 1470. The van der Waals surface area contributed by atoms with Gasteiger partial charge in [-0.05, 0) is 66.2 Å². The number of nitrogens with zero attached hydrogens (tertiary/aromatic N) is 1. The van der Waals surface area contributed by atoms with Crippen molar-refractivity contribution in [1.29, 1.82) is 0 Å². The van der Waals surface area contributed by atoms with Crippen LogP contribution in [0.5, 0.6) is 17.2 Å². The largest absolute Gasteiger partial charge is 0.507 e. The summed E-state index contributed by atoms with van der Waals surface area (Å²) in [6.07, 6.45) is 3.13. The van der Waals surface area contributed by atoms with Crippen LogP contribution in [0.4, 0.5) is 0 Å². The molecule has 3 aromatic carbocycles. The number of hydrogen-bond donors (Lipinski definition) is 1. The van der Waals surface area contributed by atoms with Gasteiger partial charge in [-0.2, -0.15) is 0 Å². The van der Waals surface area contributed by atoms with Crippen LogP contribution in [0.1, 0.15) is 22.9 Å². The zero-order valence-corrected chi connectivity index (χ0v) is 20.4. The molecule has 0 saturated carbocycles. The van der Waals surface area contributed by atoms with E-state index < -0.39 is 17.7 Å². The van der Waals surface area contributed by atoms with E-state index in [1.165, 1.54) is 11.2 Å². The third kappa shape index (κ3) is 5.08. The van der Waals surface area contributed by atoms with Crippen molar-refractivity contribution in [3.8, 4) is 17.2 Å². The van der Waals surface area contributed by atoms with Crippen LogP contribution in [-0.4, -0.2) is 28.3 Å². The number of likely N-dealkylation sites (tertiary alicyclic amines) is 1. The van der Waals surface area contributed by atoms with Gasteiger partial charge >= 0.3 is 0 Å². The molecule has 1 N–H and O–H groups in total. The zero-order chi connectivity index (χ0) is 26.5. The first kappa shape index (κ1) is 24.6. The maximum atomic E-state index is 13.3. The van der Waals surface area contributed by atoms with Crippen molar-refractivity contribution in [3.63, 3.8) is 0 Å². The van der Waals surface area contributed by atoms with Crippen LogP contribution in [0.3, 0.4) is 0 Å². The summed E-state index contributed by atoms with van der Waals surface area (Å²) in [7, 11) is 0. The summed E-state index contributed by atoms with van der Waals surface area (Å²) in [6.45, 7) is 4.02. The number of rotatable bonds is 9. The molecule has 0 radical (unpaired) electrons. The number of carbonyl (C=O) groups excluding carboxylic acids is 2. The fourth-order valence-electron chi connectivity index (χ4n) is 4.35. The SMILES string of the molecule is C=CCOc1ccc(C(O)=C2C(=O)C(=O)N(Cc3ccco3)[C@H]2c2cccc(Oc3ccccc3)c2)cc1. The van der Waals surface area contributed by atoms with Gasteiger partial charge < -0.3 is 23.9 Å². The van der Waals surface area contributed by atoms with E-state index in [4.69, 9.17) is 13.9 Å². The lowest BCUT2D eigenvalue weighted by atomic mass is 9.95. The van der Waals surface area contributed by atoms with Crippen molar-refractivity contribution in [2.24, 2.45) is 0 Å². The Morgan fingerprint density at radius 2 is 1.68 bits per heavy atom. The van der Waals surface area contributed by atoms with Crippen LogP contribution >= 0.6 is 0 Å². The molecule has 1 aliphatic rings. The Balaban J connectivity index is 1.57. The number of Topliss-reactive ketones (excluding diaryl/α,β-unsaturated/α-hetero) is 1. The highest BCUT2D eigenvalue weighted by atomic mass is 16.5. The highest BCUT2D eigenvalue weighted by Crippen LogP contribution is 2.41. The third-order valence-electron chi connectivity index (χ3n) is 6.09. The average Bonchev–Trinajstić information content (AvgIpc) is 3.55. The minimum Gasteiger partial charge on any atom is -0.507 e. The van der Waals surface area contributed by atoms with Crippen molar-refractivity contribution in [1.82, 2.24) is 4.90 Å². The van der Waals surface area contributed by atoms with Crippen LogP contribution in [0.2, 0.25) is 0 Å². The number of furan rings is 1. The summed E-state index contributed by atoms with van der Waals surface area (Å²) in [5.41, 5.74) is 0.975. The number of aliphatic hydroxyl groups excluding tert-OH is 1. The molecule has 7 heteroatoms. The van der Waals surface area contributed by atoms with E-state index >= 15 is 0 Å². The standard InChI is InChI=1S/C31H25NO6/c1-2-17-36-23-15-13-21(14-16-23)29(33)27-28(32(31(35)30(27)34)20-26-12-7-18-37-26)22-8-6-11-25(19-22)38-24-9-4-3-5-10-24/h2-16,18-19,28,33H,1,17,20H2/t28-/m0/s1. The predicted octanol–water partition coefficient (Wildman–Crippen LogP) is 6.26. The summed E-state index contributed by atoms with van der Waals surface area (Å²) in [5, 5.41) is 11.3. The van der Waals surface area contributed by atoms with Crippen LogP contribution in [0.25, 0.3) is 5.76 Å². The van der Waals surface area contributed by atoms with Gasteiger partial charge in [0.05, 0.1) is 24.4 Å². The van der Waals surface area contributed by atoms with Gasteiger partial charge in [0, 0.05) is 5.56 Å². The fraction of sp³-hybridized carbons (Fsp3) is 0.0968. The number of ether oxygens (including phenoxy) is 2. The molecule has 0 aliphatic carbocycles. The van der Waals surface area contributed by atoms with Gasteiger partial charge in [-0.1, -0.05) is 43.0 Å². The van der Waals surface area contributed by atoms with Crippen LogP contribution in [0, 0.1) is 0 Å². The van der Waals surface area contributed by atoms with Gasteiger partial charge in [0.2, 0.25) is 0 Å². The molecule has 0 spiro atoms. The maximum absolute atomic E-state index is 13.3. The molecule has 38 heavy (non-hydrogen) atoms. The van der Waals surface area contributed by atoms with E-state index in [0.717, 1.165) is 0 Å². The zero-order valence-electron chi connectivity index (χ0n) is 20.4. The van der Waals surface area contributed by atoms with E-state index in [9.17, 15) is 14.7 Å². The minimum absolute atomic E-state index is 0.0156. The van der Waals surface area contributed by atoms with Crippen molar-refractivity contribution in [2.75, 3.05) is 6.61 Å². The molecule has 1 aliphatic heterocycles. The summed E-state index contributed by atoms with van der Waals surface area (Å²) in [6, 6.07) is 25.6. The number of ketones is 1. The highest BCUT2D eigenvalue weighted by molar-refractivity contribution is 6.46. The number of aliphatic hydroxyl groups is 1. The molecule has 0 bridgehead atoms. The summed E-state index contributed by atoms with van der Waals surface area (Å²) in [5.74, 6) is 0.488. The smallest absolute Gasteiger partial charge is 0.296 e. The second-order valence-electron chi connectivity index (χ2n) is 8.62. The molecule has 2 heterocycles. The third-order valence-corrected chi connectivity index (χ3v) is 6.09. The summed E-state index contributed by atoms with van der Waals surface area (Å²) >= 11 is 0. The van der Waals surface area contributed by atoms with Crippen LogP contribution in [-0.2, 0) is 16.1 Å². The quantitative estimate of drug-likeness (QED) is 0.125. The van der Waals surface area contributed by atoms with E-state index in [1.54, 1.807) is 66.7 Å². The second kappa shape index (κ2) is 10.9. The van der Waals surface area contributed by atoms with Gasteiger partial charge in [0.1, 0.15) is 35.4 Å². The van der Waals surface area contributed by atoms with Crippen LogP contribution in [0.15, 0.2) is 120 Å². The topological polar surface area (TPSA) is 89.2 Å². The van der Waals surface area contributed by atoms with Gasteiger partial charge in [-0.15, -0.1) is 0 Å². The summed E-state index contributed by atoms with van der Waals surface area (Å²) < 4.78 is 17.0. The molecule has 190 valence electrons. The number of carbonyl (C=O) groups is 2. The van der Waals surface area contributed by atoms with Crippen molar-refractivity contribution in [2.45, 2.75) is 12.6 Å². The molecule has 1 saturated heterocycles. The molecular weight excluding hydrogens is 482 g/mol. The minimum atomic E-state index is -0.865. The van der Waals surface area contributed by atoms with Gasteiger partial charge in [0.25, 0.3) is 11.7 Å². The summed E-state index contributed by atoms with van der Waals surface area (Å²) in [4.78, 5) is 28.0. The Hall–Kier alpha value is -5.04. The monoisotopic (exact) mass is 507 g/mol. The molecule has 1 aromatic heterocycles. The number of para-hydroxylation sites is 1. The van der Waals surface area contributed by atoms with Gasteiger partial charge in [-0.25, -0.2) is 0 Å². The first-order valence-corrected chi connectivity index (χ1v) is 12.0. The van der Waals surface area contributed by atoms with E-state index in [0.29, 0.717) is 40.7 Å². The number of benzene rings is 3. The lowest BCUT2D eigenvalue weighted by Gasteiger charge is -2.25. The molecule has 1 atom stereocenters. The Kier molecular flexibility index (Phi) is 7.08. The highest BCUT2D eigenvalue weighted by Gasteiger charge is 2.46. The predicted molar refractivity (Wildman–Crippen MR) is 142 cm³/mol. The molecule has 7 nitrogen and oxygen atoms in total. The first-order valence-electron chi connectivity index (χ1n) is 12.0. The van der Waals surface area contributed by atoms with Crippen molar-refractivity contribution < 1.29 is 28.6 Å². The van der Waals surface area contributed by atoms with Crippen molar-refractivity contribution in [3.05, 3.63) is 132 Å². The van der Waals surface area contributed by atoms with Crippen LogP contribution < -0.4 is 9.47 Å². The molecule has 1 amide bonds. The normalized spacial score (nSPS) is 16.4. The van der Waals surface area contributed by atoms with E-state index in [1.807, 2.05) is 30.3 Å². The second-order valence-corrected chi connectivity index (χ2v) is 8.62. The average molecular weight is 508 g/mol. The maximum Gasteiger partial charge on any atom is 0.296 e. The molecular formula is C31H25NO6. The first-order chi connectivity index (χ1) is 18.5. The molecule has 0 unspecified atom stereocenters. The fourth-order valence-corrected chi connectivity index (χ4v) is 4.35. The van der Waals surface area contributed by atoms with Gasteiger partial charge in [-0.3, -0.25) is 9.59 Å². The molecule has 5 rings (SSSR count). The molecule has 1 fully saturated rings. The molecule has 4 aromatic rings.